The van der Waals surface area contributed by atoms with Crippen molar-refractivity contribution in [1.82, 2.24) is 10.2 Å². The molecule has 5 nitrogen and oxygen atoms in total. The fourth-order valence-corrected chi connectivity index (χ4v) is 2.89. The molecule has 1 fully saturated rings. The van der Waals surface area contributed by atoms with Gasteiger partial charge in [-0.2, -0.15) is 0 Å². The normalized spacial score (nSPS) is 15.5. The molecule has 1 aliphatic heterocycles. The number of piperidine rings is 1. The molecule has 1 aliphatic rings. The van der Waals surface area contributed by atoms with E-state index in [0.717, 1.165) is 0 Å². The predicted molar refractivity (Wildman–Crippen MR) is 83.2 cm³/mol. The fraction of sp³-hybridized carbons (Fsp3) is 0.467. The van der Waals surface area contributed by atoms with Crippen LogP contribution >= 0.6 is 15.9 Å². The summed E-state index contributed by atoms with van der Waals surface area (Å²) in [5.74, 6) is -0.646. The van der Waals surface area contributed by atoms with Crippen LogP contribution in [0.2, 0.25) is 0 Å². The van der Waals surface area contributed by atoms with Crippen LogP contribution in [-0.4, -0.2) is 42.6 Å². The van der Waals surface area contributed by atoms with Gasteiger partial charge in [-0.05, 0) is 53.9 Å². The summed E-state index contributed by atoms with van der Waals surface area (Å²) in [6.07, 6.45) is 1.03. The number of carbonyl (C=O) groups is 2. The Hall–Kier alpha value is -1.63. The number of hydrogen-bond donors (Lipinski definition) is 1. The summed E-state index contributed by atoms with van der Waals surface area (Å²) >= 11 is 3.19. The van der Waals surface area contributed by atoms with Gasteiger partial charge in [0.25, 0.3) is 5.91 Å². The Morgan fingerprint density at radius 3 is 2.68 bits per heavy atom. The molecule has 1 aromatic rings. The quantitative estimate of drug-likeness (QED) is 0.887. The first kappa shape index (κ1) is 16.7. The van der Waals surface area contributed by atoms with E-state index in [0.29, 0.717) is 42.6 Å². The fourth-order valence-electron chi connectivity index (χ4n) is 2.36. The zero-order chi connectivity index (χ0) is 16.1. The van der Waals surface area contributed by atoms with Crippen molar-refractivity contribution < 1.29 is 18.7 Å². The van der Waals surface area contributed by atoms with Crippen LogP contribution in [0, 0.1) is 5.82 Å². The molecule has 0 atom stereocenters. The molecule has 0 aliphatic carbocycles. The number of rotatable bonds is 3. The molecule has 7 heteroatoms. The number of halogens is 2. The molecule has 0 bridgehead atoms. The first-order chi connectivity index (χ1) is 10.5. The SMILES string of the molecule is CCOC(=O)N1CCC(NC(=O)c2ccc(F)cc2Br)CC1. The lowest BCUT2D eigenvalue weighted by Gasteiger charge is -2.31. The Morgan fingerprint density at radius 1 is 1.41 bits per heavy atom. The summed E-state index contributed by atoms with van der Waals surface area (Å²) in [6, 6.07) is 3.96. The lowest BCUT2D eigenvalue weighted by molar-refractivity contribution is 0.0859. The Balaban J connectivity index is 1.88. The number of hydrogen-bond acceptors (Lipinski definition) is 3. The molecule has 0 aromatic heterocycles. The van der Waals surface area contributed by atoms with Gasteiger partial charge < -0.3 is 15.0 Å². The Morgan fingerprint density at radius 2 is 2.09 bits per heavy atom. The molecule has 22 heavy (non-hydrogen) atoms. The zero-order valence-electron chi connectivity index (χ0n) is 12.3. The van der Waals surface area contributed by atoms with E-state index in [4.69, 9.17) is 4.74 Å². The van der Waals surface area contributed by atoms with E-state index >= 15 is 0 Å². The maximum atomic E-state index is 13.0. The molecular weight excluding hydrogens is 355 g/mol. The van der Waals surface area contributed by atoms with E-state index in [9.17, 15) is 14.0 Å². The number of amides is 2. The highest BCUT2D eigenvalue weighted by molar-refractivity contribution is 9.10. The number of likely N-dealkylation sites (tertiary alicyclic amines) is 1. The molecule has 0 radical (unpaired) electrons. The van der Waals surface area contributed by atoms with Crippen LogP contribution in [0.1, 0.15) is 30.1 Å². The zero-order valence-corrected chi connectivity index (χ0v) is 13.9. The molecule has 0 saturated carbocycles. The third-order valence-electron chi connectivity index (χ3n) is 3.53. The van der Waals surface area contributed by atoms with Crippen LogP contribution in [0.25, 0.3) is 0 Å². The maximum absolute atomic E-state index is 13.0. The third kappa shape index (κ3) is 4.19. The minimum absolute atomic E-state index is 0.00451. The van der Waals surface area contributed by atoms with Gasteiger partial charge in [0.2, 0.25) is 0 Å². The van der Waals surface area contributed by atoms with Gasteiger partial charge in [-0.1, -0.05) is 0 Å². The molecule has 0 unspecified atom stereocenters. The highest BCUT2D eigenvalue weighted by Gasteiger charge is 2.25. The van der Waals surface area contributed by atoms with Crippen LogP contribution in [0.15, 0.2) is 22.7 Å². The molecule has 1 N–H and O–H groups in total. The third-order valence-corrected chi connectivity index (χ3v) is 4.19. The van der Waals surface area contributed by atoms with E-state index < -0.39 is 5.82 Å². The first-order valence-electron chi connectivity index (χ1n) is 7.19. The van der Waals surface area contributed by atoms with Gasteiger partial charge in [0.15, 0.2) is 0 Å². The average Bonchev–Trinajstić information content (AvgIpc) is 2.48. The summed E-state index contributed by atoms with van der Waals surface area (Å²) in [4.78, 5) is 25.4. The van der Waals surface area contributed by atoms with Crippen molar-refractivity contribution in [3.8, 4) is 0 Å². The second kappa shape index (κ2) is 7.58. The minimum atomic E-state index is -0.397. The summed E-state index contributed by atoms with van der Waals surface area (Å²) in [7, 11) is 0. The van der Waals surface area contributed by atoms with Gasteiger partial charge in [-0.3, -0.25) is 4.79 Å². The van der Waals surface area contributed by atoms with E-state index in [-0.39, 0.29) is 18.0 Å². The monoisotopic (exact) mass is 372 g/mol. The van der Waals surface area contributed by atoms with Crippen LogP contribution in [0.3, 0.4) is 0 Å². The highest BCUT2D eigenvalue weighted by atomic mass is 79.9. The molecule has 2 rings (SSSR count). The molecule has 2 amide bonds. The number of benzene rings is 1. The lowest BCUT2D eigenvalue weighted by atomic mass is 10.0. The molecule has 1 heterocycles. The maximum Gasteiger partial charge on any atom is 0.409 e. The Kier molecular flexibility index (Phi) is 5.76. The van der Waals surface area contributed by atoms with E-state index in [2.05, 4.69) is 21.2 Å². The van der Waals surface area contributed by atoms with Crippen molar-refractivity contribution in [2.24, 2.45) is 0 Å². The smallest absolute Gasteiger partial charge is 0.409 e. The van der Waals surface area contributed by atoms with Gasteiger partial charge in [0.1, 0.15) is 5.82 Å². The van der Waals surface area contributed by atoms with Crippen molar-refractivity contribution in [3.63, 3.8) is 0 Å². The molecule has 120 valence electrons. The average molecular weight is 373 g/mol. The largest absolute Gasteiger partial charge is 0.450 e. The molecule has 1 aromatic carbocycles. The van der Waals surface area contributed by atoms with Crippen molar-refractivity contribution >= 4 is 27.9 Å². The van der Waals surface area contributed by atoms with Crippen molar-refractivity contribution in [3.05, 3.63) is 34.1 Å². The predicted octanol–water partition coefficient (Wildman–Crippen LogP) is 2.94. The van der Waals surface area contributed by atoms with E-state index in [1.807, 2.05) is 0 Å². The number of ether oxygens (including phenoxy) is 1. The molecular formula is C15H18BrFN2O3. The van der Waals surface area contributed by atoms with Crippen LogP contribution < -0.4 is 5.32 Å². The van der Waals surface area contributed by atoms with Gasteiger partial charge in [0.05, 0.1) is 12.2 Å². The second-order valence-electron chi connectivity index (χ2n) is 5.06. The Bertz CT molecular complexity index is 560. The van der Waals surface area contributed by atoms with Gasteiger partial charge in [-0.15, -0.1) is 0 Å². The first-order valence-corrected chi connectivity index (χ1v) is 7.98. The van der Waals surface area contributed by atoms with Crippen LogP contribution in [0.4, 0.5) is 9.18 Å². The van der Waals surface area contributed by atoms with E-state index in [1.54, 1.807) is 11.8 Å². The topological polar surface area (TPSA) is 58.6 Å². The molecule has 1 saturated heterocycles. The second-order valence-corrected chi connectivity index (χ2v) is 5.91. The van der Waals surface area contributed by atoms with Crippen molar-refractivity contribution in [1.29, 1.82) is 0 Å². The lowest BCUT2D eigenvalue weighted by Crippen LogP contribution is -2.46. The van der Waals surface area contributed by atoms with Crippen LogP contribution in [-0.2, 0) is 4.74 Å². The minimum Gasteiger partial charge on any atom is -0.450 e. The Labute approximate surface area is 136 Å². The van der Waals surface area contributed by atoms with E-state index in [1.165, 1.54) is 18.2 Å². The van der Waals surface area contributed by atoms with Crippen molar-refractivity contribution in [2.75, 3.05) is 19.7 Å². The van der Waals surface area contributed by atoms with Crippen LogP contribution in [0.5, 0.6) is 0 Å². The highest BCUT2D eigenvalue weighted by Crippen LogP contribution is 2.19. The standard InChI is InChI=1S/C15H18BrFN2O3/c1-2-22-15(21)19-7-5-11(6-8-19)18-14(20)12-4-3-10(17)9-13(12)16/h3-4,9,11H,2,5-8H2,1H3,(H,18,20). The summed E-state index contributed by atoms with van der Waals surface area (Å²) in [5, 5.41) is 2.92. The van der Waals surface area contributed by atoms with Gasteiger partial charge in [0, 0.05) is 23.6 Å². The van der Waals surface area contributed by atoms with Gasteiger partial charge in [-0.25, -0.2) is 9.18 Å². The summed E-state index contributed by atoms with van der Waals surface area (Å²) in [5.41, 5.74) is 0.397. The summed E-state index contributed by atoms with van der Waals surface area (Å²) < 4.78 is 18.4. The number of nitrogens with zero attached hydrogens (tertiary/aromatic N) is 1. The number of nitrogens with one attached hydrogen (secondary N) is 1. The summed E-state index contributed by atoms with van der Waals surface area (Å²) in [6.45, 7) is 3.22. The molecule has 0 spiro atoms. The van der Waals surface area contributed by atoms with Crippen molar-refractivity contribution in [2.45, 2.75) is 25.8 Å². The van der Waals surface area contributed by atoms with Gasteiger partial charge >= 0.3 is 6.09 Å². The number of carbonyl (C=O) groups excluding carboxylic acids is 2.